The fraction of sp³-hybridized carbons (Fsp3) is 0.455. The van der Waals surface area contributed by atoms with Crippen molar-refractivity contribution in [3.05, 3.63) is 20.8 Å². The number of piperidine rings is 1. The van der Waals surface area contributed by atoms with E-state index >= 15 is 0 Å². The van der Waals surface area contributed by atoms with Crippen molar-refractivity contribution >= 4 is 33.2 Å². The number of nitriles is 1. The van der Waals surface area contributed by atoms with Crippen LogP contribution in [0.4, 0.5) is 0 Å². The average Bonchev–Trinajstić information content (AvgIpc) is 2.67. The molecule has 3 nitrogen and oxygen atoms in total. The van der Waals surface area contributed by atoms with Crippen molar-refractivity contribution in [2.75, 3.05) is 6.54 Å². The number of carbonyl (C=O) groups excluding carboxylic acids is 1. The summed E-state index contributed by atoms with van der Waals surface area (Å²) < 4.78 is 1.09. The number of hydrogen-bond acceptors (Lipinski definition) is 3. The van der Waals surface area contributed by atoms with Crippen molar-refractivity contribution < 1.29 is 4.79 Å². The van der Waals surface area contributed by atoms with Gasteiger partial charge < -0.3 is 4.90 Å². The number of amides is 1. The van der Waals surface area contributed by atoms with Gasteiger partial charge in [-0.3, -0.25) is 4.79 Å². The largest absolute Gasteiger partial charge is 0.337 e. The van der Waals surface area contributed by atoms with Crippen LogP contribution >= 0.6 is 27.3 Å². The summed E-state index contributed by atoms with van der Waals surface area (Å²) in [6.07, 6.45) is 1.18. The minimum Gasteiger partial charge on any atom is -0.337 e. The Bertz CT molecular complexity index is 437. The lowest BCUT2D eigenvalue weighted by Gasteiger charge is -2.28. The zero-order chi connectivity index (χ0) is 11.5. The van der Waals surface area contributed by atoms with Gasteiger partial charge in [-0.05, 0) is 34.5 Å². The van der Waals surface area contributed by atoms with Crippen LogP contribution in [0.5, 0.6) is 0 Å². The second kappa shape index (κ2) is 4.98. The number of likely N-dealkylation sites (tertiary alicyclic amines) is 1. The van der Waals surface area contributed by atoms with Crippen LogP contribution in [0.1, 0.15) is 17.7 Å². The first kappa shape index (κ1) is 11.6. The number of hydrogen-bond donors (Lipinski definition) is 0. The van der Waals surface area contributed by atoms with Gasteiger partial charge in [-0.2, -0.15) is 5.26 Å². The summed E-state index contributed by atoms with van der Waals surface area (Å²) in [4.78, 5) is 14.8. The molecular weight excluding hydrogens is 288 g/mol. The molecular formula is C11H11BrN2OS. The Labute approximate surface area is 107 Å². The maximum absolute atomic E-state index is 11.7. The zero-order valence-corrected chi connectivity index (χ0v) is 11.1. The van der Waals surface area contributed by atoms with Gasteiger partial charge >= 0.3 is 0 Å². The van der Waals surface area contributed by atoms with Gasteiger partial charge in [-0.1, -0.05) is 0 Å². The monoisotopic (exact) mass is 298 g/mol. The molecule has 1 amide bonds. The molecule has 1 aliphatic heterocycles. The SMILES string of the molecule is N#CC1CCN(Cc2ccc(Br)s2)C(=O)C1. The van der Waals surface area contributed by atoms with Gasteiger partial charge in [-0.25, -0.2) is 0 Å². The molecule has 1 saturated heterocycles. The van der Waals surface area contributed by atoms with Crippen LogP contribution in [0, 0.1) is 17.2 Å². The predicted octanol–water partition coefficient (Wildman–Crippen LogP) is 2.77. The summed E-state index contributed by atoms with van der Waals surface area (Å²) in [7, 11) is 0. The number of carbonyl (C=O) groups is 1. The molecule has 0 spiro atoms. The Kier molecular flexibility index (Phi) is 3.62. The molecule has 0 bridgehead atoms. The van der Waals surface area contributed by atoms with Crippen molar-refractivity contribution in [1.29, 1.82) is 5.26 Å². The highest BCUT2D eigenvalue weighted by atomic mass is 79.9. The van der Waals surface area contributed by atoms with Gasteiger partial charge in [0, 0.05) is 17.8 Å². The molecule has 16 heavy (non-hydrogen) atoms. The number of halogens is 1. The molecule has 1 aromatic rings. The summed E-state index contributed by atoms with van der Waals surface area (Å²) >= 11 is 5.05. The van der Waals surface area contributed by atoms with Crippen molar-refractivity contribution in [3.63, 3.8) is 0 Å². The van der Waals surface area contributed by atoms with Crippen LogP contribution in [0.2, 0.25) is 0 Å². The molecule has 0 aliphatic carbocycles. The van der Waals surface area contributed by atoms with E-state index in [0.29, 0.717) is 19.5 Å². The molecule has 84 valence electrons. The maximum atomic E-state index is 11.7. The maximum Gasteiger partial charge on any atom is 0.224 e. The Hall–Kier alpha value is -0.860. The molecule has 0 N–H and O–H groups in total. The first-order chi connectivity index (χ1) is 7.69. The molecule has 1 fully saturated rings. The lowest BCUT2D eigenvalue weighted by molar-refractivity contribution is -0.134. The molecule has 2 heterocycles. The third-order valence-electron chi connectivity index (χ3n) is 2.68. The zero-order valence-electron chi connectivity index (χ0n) is 8.65. The normalized spacial score (nSPS) is 20.9. The van der Waals surface area contributed by atoms with Crippen LogP contribution < -0.4 is 0 Å². The van der Waals surface area contributed by atoms with E-state index in [1.807, 2.05) is 17.0 Å². The van der Waals surface area contributed by atoms with E-state index in [-0.39, 0.29) is 11.8 Å². The topological polar surface area (TPSA) is 44.1 Å². The van der Waals surface area contributed by atoms with Crippen LogP contribution in [0.15, 0.2) is 15.9 Å². The minimum atomic E-state index is -0.0844. The fourth-order valence-electron chi connectivity index (χ4n) is 1.78. The lowest BCUT2D eigenvalue weighted by atomic mass is 9.98. The van der Waals surface area contributed by atoms with Crippen molar-refractivity contribution in [2.24, 2.45) is 5.92 Å². The van der Waals surface area contributed by atoms with E-state index in [1.54, 1.807) is 11.3 Å². The van der Waals surface area contributed by atoms with Crippen molar-refractivity contribution in [1.82, 2.24) is 4.90 Å². The summed E-state index contributed by atoms with van der Waals surface area (Å²) in [6, 6.07) is 6.19. The second-order valence-electron chi connectivity index (χ2n) is 3.84. The molecule has 0 radical (unpaired) electrons. The number of rotatable bonds is 2. The van der Waals surface area contributed by atoms with Gasteiger partial charge in [0.15, 0.2) is 0 Å². The molecule has 0 aromatic carbocycles. The molecule has 1 aromatic heterocycles. The Morgan fingerprint density at radius 1 is 1.62 bits per heavy atom. The van der Waals surface area contributed by atoms with Crippen molar-refractivity contribution in [3.8, 4) is 6.07 Å². The molecule has 0 saturated carbocycles. The quantitative estimate of drug-likeness (QED) is 0.843. The highest BCUT2D eigenvalue weighted by Gasteiger charge is 2.25. The van der Waals surface area contributed by atoms with Crippen molar-refractivity contribution in [2.45, 2.75) is 19.4 Å². The van der Waals surface area contributed by atoms with Gasteiger partial charge in [0.25, 0.3) is 0 Å². The van der Waals surface area contributed by atoms with Crippen LogP contribution in [-0.2, 0) is 11.3 Å². The summed E-state index contributed by atoms with van der Waals surface area (Å²) in [5.41, 5.74) is 0. The van der Waals surface area contributed by atoms with Crippen LogP contribution in [-0.4, -0.2) is 17.4 Å². The molecule has 2 rings (SSSR count). The summed E-state index contributed by atoms with van der Waals surface area (Å²) in [6.45, 7) is 1.37. The fourth-order valence-corrected chi connectivity index (χ4v) is 3.28. The summed E-state index contributed by atoms with van der Waals surface area (Å²) in [5, 5.41) is 8.76. The van der Waals surface area contributed by atoms with E-state index < -0.39 is 0 Å². The van der Waals surface area contributed by atoms with Gasteiger partial charge in [0.2, 0.25) is 5.91 Å². The average molecular weight is 299 g/mol. The van der Waals surface area contributed by atoms with Crippen LogP contribution in [0.3, 0.4) is 0 Å². The Morgan fingerprint density at radius 2 is 2.44 bits per heavy atom. The Morgan fingerprint density at radius 3 is 3.00 bits per heavy atom. The van der Waals surface area contributed by atoms with Crippen LogP contribution in [0.25, 0.3) is 0 Å². The minimum absolute atomic E-state index is 0.0844. The molecule has 1 aliphatic rings. The third kappa shape index (κ3) is 2.63. The highest BCUT2D eigenvalue weighted by Crippen LogP contribution is 2.25. The van der Waals surface area contributed by atoms with E-state index in [2.05, 4.69) is 22.0 Å². The summed E-state index contributed by atoms with van der Waals surface area (Å²) in [5.74, 6) is 0.0149. The number of nitrogens with zero attached hydrogens (tertiary/aromatic N) is 2. The Balaban J connectivity index is 1.97. The second-order valence-corrected chi connectivity index (χ2v) is 6.39. The molecule has 1 atom stereocenters. The van der Waals surface area contributed by atoms with E-state index in [9.17, 15) is 4.79 Å². The lowest BCUT2D eigenvalue weighted by Crippen LogP contribution is -2.37. The van der Waals surface area contributed by atoms with E-state index in [4.69, 9.17) is 5.26 Å². The van der Waals surface area contributed by atoms with Gasteiger partial charge in [0.05, 0.1) is 22.3 Å². The highest BCUT2D eigenvalue weighted by molar-refractivity contribution is 9.11. The smallest absolute Gasteiger partial charge is 0.224 e. The van der Waals surface area contributed by atoms with E-state index in [1.165, 1.54) is 4.88 Å². The van der Waals surface area contributed by atoms with E-state index in [0.717, 1.165) is 10.2 Å². The first-order valence-corrected chi connectivity index (χ1v) is 6.71. The predicted molar refractivity (Wildman–Crippen MR) is 65.8 cm³/mol. The van der Waals surface area contributed by atoms with Gasteiger partial charge in [0.1, 0.15) is 0 Å². The first-order valence-electron chi connectivity index (χ1n) is 5.10. The standard InChI is InChI=1S/C11H11BrN2OS/c12-10-2-1-9(16-10)7-14-4-3-8(6-13)5-11(14)15/h1-2,8H,3-5,7H2. The third-order valence-corrected chi connectivity index (χ3v) is 4.29. The molecule has 5 heteroatoms. The molecule has 1 unspecified atom stereocenters. The number of thiophene rings is 1. The van der Waals surface area contributed by atoms with Gasteiger partial charge in [-0.15, -0.1) is 11.3 Å².